The maximum absolute atomic E-state index is 12.1. The molecule has 1 saturated carbocycles. The number of carbonyl (C=O) groups excluding carboxylic acids is 1. The number of urea groups is 1. The van der Waals surface area contributed by atoms with Gasteiger partial charge in [-0.05, 0) is 45.2 Å². The summed E-state index contributed by atoms with van der Waals surface area (Å²) in [6, 6.07) is 0.314. The largest absolute Gasteiger partial charge is 0.396 e. The molecule has 1 aliphatic rings. The summed E-state index contributed by atoms with van der Waals surface area (Å²) in [5, 5.41) is 15.1. The van der Waals surface area contributed by atoms with Gasteiger partial charge in [0.1, 0.15) is 0 Å². The van der Waals surface area contributed by atoms with E-state index in [1.807, 2.05) is 0 Å². The fourth-order valence-corrected chi connectivity index (χ4v) is 3.42. The van der Waals surface area contributed by atoms with Crippen molar-refractivity contribution in [3.8, 4) is 0 Å². The molecule has 0 radical (unpaired) electrons. The number of nitrogens with one attached hydrogen (secondary N) is 2. The van der Waals surface area contributed by atoms with E-state index in [1.54, 1.807) is 0 Å². The lowest BCUT2D eigenvalue weighted by atomic mass is 9.83. The summed E-state index contributed by atoms with van der Waals surface area (Å²) in [4.78, 5) is 14.4. The van der Waals surface area contributed by atoms with Gasteiger partial charge in [-0.2, -0.15) is 0 Å². The molecule has 0 bridgehead atoms. The van der Waals surface area contributed by atoms with Crippen molar-refractivity contribution in [3.63, 3.8) is 0 Å². The van der Waals surface area contributed by atoms with Crippen molar-refractivity contribution in [2.45, 2.75) is 64.5 Å². The number of nitrogens with zero attached hydrogens (tertiary/aromatic N) is 1. The predicted molar refractivity (Wildman–Crippen MR) is 90.9 cm³/mol. The van der Waals surface area contributed by atoms with Crippen LogP contribution >= 0.6 is 0 Å². The van der Waals surface area contributed by atoms with Crippen LogP contribution in [-0.4, -0.2) is 55.4 Å². The van der Waals surface area contributed by atoms with Crippen molar-refractivity contribution in [3.05, 3.63) is 0 Å². The molecule has 1 aliphatic carbocycles. The highest BCUT2D eigenvalue weighted by atomic mass is 16.3. The molecule has 0 saturated heterocycles. The molecule has 2 amide bonds. The van der Waals surface area contributed by atoms with Gasteiger partial charge in [-0.25, -0.2) is 4.79 Å². The lowest BCUT2D eigenvalue weighted by Crippen LogP contribution is -2.50. The first kappa shape index (κ1) is 19.2. The molecule has 0 heterocycles. The van der Waals surface area contributed by atoms with E-state index in [0.717, 1.165) is 0 Å². The van der Waals surface area contributed by atoms with Crippen molar-refractivity contribution in [2.24, 2.45) is 11.8 Å². The molecular weight excluding hydrogens is 278 g/mol. The summed E-state index contributed by atoms with van der Waals surface area (Å²) < 4.78 is 0. The molecule has 0 aliphatic heterocycles. The van der Waals surface area contributed by atoms with Crippen molar-refractivity contribution >= 4 is 6.03 Å². The Morgan fingerprint density at radius 1 is 1.23 bits per heavy atom. The maximum atomic E-state index is 12.1. The normalized spacial score (nSPS) is 19.2. The van der Waals surface area contributed by atoms with Crippen LogP contribution in [0.25, 0.3) is 0 Å². The quantitative estimate of drug-likeness (QED) is 0.644. The number of hydrogen-bond acceptors (Lipinski definition) is 3. The SMILES string of the molecule is CC(C)C(CCO)NC(=O)NCC(C1CCCCC1)N(C)C. The Kier molecular flexibility index (Phi) is 8.79. The van der Waals surface area contributed by atoms with Crippen LogP contribution in [0, 0.1) is 11.8 Å². The zero-order valence-electron chi connectivity index (χ0n) is 14.8. The average Bonchev–Trinajstić information content (AvgIpc) is 2.47. The van der Waals surface area contributed by atoms with Crippen LogP contribution in [-0.2, 0) is 0 Å². The van der Waals surface area contributed by atoms with E-state index >= 15 is 0 Å². The van der Waals surface area contributed by atoms with Gasteiger partial charge in [0.2, 0.25) is 0 Å². The van der Waals surface area contributed by atoms with Crippen LogP contribution < -0.4 is 10.6 Å². The van der Waals surface area contributed by atoms with Gasteiger partial charge in [0.15, 0.2) is 0 Å². The Morgan fingerprint density at radius 2 is 1.86 bits per heavy atom. The lowest BCUT2D eigenvalue weighted by molar-refractivity contribution is 0.164. The molecule has 22 heavy (non-hydrogen) atoms. The maximum Gasteiger partial charge on any atom is 0.315 e. The van der Waals surface area contributed by atoms with Gasteiger partial charge in [0, 0.05) is 25.2 Å². The van der Waals surface area contributed by atoms with E-state index in [0.29, 0.717) is 30.8 Å². The third-order valence-corrected chi connectivity index (χ3v) is 4.89. The van der Waals surface area contributed by atoms with Gasteiger partial charge in [0.05, 0.1) is 0 Å². The second-order valence-electron chi connectivity index (χ2n) is 7.15. The van der Waals surface area contributed by atoms with Gasteiger partial charge in [-0.1, -0.05) is 33.1 Å². The van der Waals surface area contributed by atoms with Crippen LogP contribution in [0.15, 0.2) is 0 Å². The molecule has 2 atom stereocenters. The summed E-state index contributed by atoms with van der Waals surface area (Å²) in [5.41, 5.74) is 0. The predicted octanol–water partition coefficient (Wildman–Crippen LogP) is 2.20. The second-order valence-corrected chi connectivity index (χ2v) is 7.15. The zero-order valence-corrected chi connectivity index (χ0v) is 14.8. The van der Waals surface area contributed by atoms with Crippen molar-refractivity contribution in [1.82, 2.24) is 15.5 Å². The van der Waals surface area contributed by atoms with Gasteiger partial charge in [-0.15, -0.1) is 0 Å². The van der Waals surface area contributed by atoms with E-state index in [2.05, 4.69) is 43.5 Å². The van der Waals surface area contributed by atoms with E-state index < -0.39 is 0 Å². The number of rotatable bonds is 8. The van der Waals surface area contributed by atoms with Crippen LogP contribution in [0.3, 0.4) is 0 Å². The highest BCUT2D eigenvalue weighted by Crippen LogP contribution is 2.28. The molecule has 3 N–H and O–H groups in total. The summed E-state index contributed by atoms with van der Waals surface area (Å²) in [6.45, 7) is 4.91. The van der Waals surface area contributed by atoms with Gasteiger partial charge in [-0.3, -0.25) is 0 Å². The summed E-state index contributed by atoms with van der Waals surface area (Å²) >= 11 is 0. The first-order valence-electron chi connectivity index (χ1n) is 8.77. The van der Waals surface area contributed by atoms with Crippen LogP contribution in [0.2, 0.25) is 0 Å². The molecule has 0 spiro atoms. The number of aliphatic hydroxyl groups is 1. The molecular formula is C17H35N3O2. The molecule has 1 fully saturated rings. The summed E-state index contributed by atoms with van der Waals surface area (Å²) in [6.07, 6.45) is 7.11. The third kappa shape index (κ3) is 6.53. The summed E-state index contributed by atoms with van der Waals surface area (Å²) in [7, 11) is 4.20. The van der Waals surface area contributed by atoms with Crippen LogP contribution in [0.5, 0.6) is 0 Å². The van der Waals surface area contributed by atoms with E-state index in [-0.39, 0.29) is 18.7 Å². The fourth-order valence-electron chi connectivity index (χ4n) is 3.42. The molecule has 5 nitrogen and oxygen atoms in total. The minimum absolute atomic E-state index is 0.0255. The zero-order chi connectivity index (χ0) is 16.5. The standard InChI is InChI=1S/C17H35N3O2/c1-13(2)15(10-11-21)19-17(22)18-12-16(20(3)4)14-8-6-5-7-9-14/h13-16,21H,5-12H2,1-4H3,(H2,18,19,22). The van der Waals surface area contributed by atoms with Gasteiger partial charge in [0.25, 0.3) is 0 Å². The van der Waals surface area contributed by atoms with Crippen LogP contribution in [0.1, 0.15) is 52.4 Å². The van der Waals surface area contributed by atoms with Gasteiger partial charge < -0.3 is 20.6 Å². The lowest BCUT2D eigenvalue weighted by Gasteiger charge is -2.35. The molecule has 0 aromatic heterocycles. The minimum atomic E-state index is -0.116. The van der Waals surface area contributed by atoms with Crippen molar-refractivity contribution < 1.29 is 9.90 Å². The fraction of sp³-hybridized carbons (Fsp3) is 0.941. The highest BCUT2D eigenvalue weighted by Gasteiger charge is 2.26. The topological polar surface area (TPSA) is 64.6 Å². The second kappa shape index (κ2) is 10.1. The first-order valence-corrected chi connectivity index (χ1v) is 8.77. The van der Waals surface area contributed by atoms with Crippen LogP contribution in [0.4, 0.5) is 4.79 Å². The highest BCUT2D eigenvalue weighted by molar-refractivity contribution is 5.74. The van der Waals surface area contributed by atoms with Crippen molar-refractivity contribution in [2.75, 3.05) is 27.2 Å². The monoisotopic (exact) mass is 313 g/mol. The minimum Gasteiger partial charge on any atom is -0.396 e. The van der Waals surface area contributed by atoms with Gasteiger partial charge >= 0.3 is 6.03 Å². The Bertz CT molecular complexity index is 315. The molecule has 2 unspecified atom stereocenters. The van der Waals surface area contributed by atoms with Crippen molar-refractivity contribution in [1.29, 1.82) is 0 Å². The van der Waals surface area contributed by atoms with E-state index in [1.165, 1.54) is 32.1 Å². The van der Waals surface area contributed by atoms with E-state index in [9.17, 15) is 4.79 Å². The Labute approximate surface area is 135 Å². The van der Waals surface area contributed by atoms with E-state index in [4.69, 9.17) is 5.11 Å². The number of carbonyl (C=O) groups is 1. The number of amides is 2. The Morgan fingerprint density at radius 3 is 2.36 bits per heavy atom. The number of hydrogen-bond donors (Lipinski definition) is 3. The third-order valence-electron chi connectivity index (χ3n) is 4.89. The molecule has 5 heteroatoms. The first-order chi connectivity index (χ1) is 10.5. The smallest absolute Gasteiger partial charge is 0.315 e. The number of likely N-dealkylation sites (N-methyl/N-ethyl adjacent to an activating group) is 1. The number of aliphatic hydroxyl groups excluding tert-OH is 1. The average molecular weight is 313 g/mol. The Balaban J connectivity index is 2.44. The molecule has 0 aromatic rings. The molecule has 130 valence electrons. The summed E-state index contributed by atoms with van der Waals surface area (Å²) in [5.74, 6) is 1.00. The molecule has 0 aromatic carbocycles. The Hall–Kier alpha value is -0.810. The molecule has 1 rings (SSSR count).